The number of fused-ring (bicyclic) bond motifs is 1. The molecule has 1 N–H and O–H groups in total. The van der Waals surface area contributed by atoms with Crippen LogP contribution < -0.4 is 10.2 Å². The molecule has 3 aromatic carbocycles. The van der Waals surface area contributed by atoms with Crippen molar-refractivity contribution in [3.8, 4) is 0 Å². The average Bonchev–Trinajstić information content (AvgIpc) is 2.84. The molecule has 0 radical (unpaired) electrons. The molecular formula is C28H32N4O. The topological polar surface area (TPSA) is 38.8 Å². The van der Waals surface area contributed by atoms with Gasteiger partial charge in [0.25, 0.3) is 5.91 Å². The van der Waals surface area contributed by atoms with Crippen LogP contribution >= 0.6 is 0 Å². The lowest BCUT2D eigenvalue weighted by atomic mass is 9.98. The molecule has 2 aliphatic heterocycles. The van der Waals surface area contributed by atoms with Gasteiger partial charge in [-0.05, 0) is 55.3 Å². The quantitative estimate of drug-likeness (QED) is 0.632. The zero-order valence-corrected chi connectivity index (χ0v) is 19.5. The standard InChI is InChI=1S/C28H32N4O/c1-21-7-6-10-25-26(21)28(33)32(16-15-22-8-4-3-5-9-22)27(29-25)23-11-13-24(14-12-23)31-19-17-30(2)18-20-31/h3-14,27,29H,15-20H2,1-2H3/t27-/m0/s1. The van der Waals surface area contributed by atoms with Crippen molar-refractivity contribution in [1.29, 1.82) is 0 Å². The minimum atomic E-state index is -0.183. The second-order valence-electron chi connectivity index (χ2n) is 9.16. The van der Waals surface area contributed by atoms with Crippen molar-refractivity contribution in [1.82, 2.24) is 9.80 Å². The first-order valence-corrected chi connectivity index (χ1v) is 11.8. The molecule has 1 amide bonds. The van der Waals surface area contributed by atoms with Gasteiger partial charge in [0.05, 0.1) is 5.56 Å². The van der Waals surface area contributed by atoms with Crippen LogP contribution in [0.2, 0.25) is 0 Å². The van der Waals surface area contributed by atoms with Gasteiger partial charge in [-0.2, -0.15) is 0 Å². The Balaban J connectivity index is 1.42. The molecule has 2 heterocycles. The molecule has 0 unspecified atom stereocenters. The lowest BCUT2D eigenvalue weighted by Crippen LogP contribution is -2.45. The first-order valence-electron chi connectivity index (χ1n) is 11.8. The van der Waals surface area contributed by atoms with E-state index >= 15 is 0 Å². The number of hydrogen-bond acceptors (Lipinski definition) is 4. The molecule has 0 aromatic heterocycles. The first-order chi connectivity index (χ1) is 16.1. The summed E-state index contributed by atoms with van der Waals surface area (Å²) in [7, 11) is 2.18. The third-order valence-electron chi connectivity index (χ3n) is 6.91. The highest BCUT2D eigenvalue weighted by Crippen LogP contribution is 2.35. The van der Waals surface area contributed by atoms with Crippen LogP contribution in [0.5, 0.6) is 0 Å². The molecule has 2 aliphatic rings. The largest absolute Gasteiger partial charge is 0.369 e. The van der Waals surface area contributed by atoms with E-state index in [0.717, 1.165) is 55.0 Å². The average molecular weight is 441 g/mol. The number of nitrogens with one attached hydrogen (secondary N) is 1. The molecule has 1 atom stereocenters. The van der Waals surface area contributed by atoms with Gasteiger partial charge in [0.1, 0.15) is 6.17 Å². The lowest BCUT2D eigenvalue weighted by Gasteiger charge is -2.39. The summed E-state index contributed by atoms with van der Waals surface area (Å²) in [6.45, 7) is 6.94. The zero-order valence-electron chi connectivity index (χ0n) is 19.5. The van der Waals surface area contributed by atoms with Crippen molar-refractivity contribution in [2.24, 2.45) is 0 Å². The summed E-state index contributed by atoms with van der Waals surface area (Å²) in [5.41, 5.74) is 6.33. The monoisotopic (exact) mass is 440 g/mol. The van der Waals surface area contributed by atoms with Crippen molar-refractivity contribution < 1.29 is 4.79 Å². The van der Waals surface area contributed by atoms with E-state index in [9.17, 15) is 4.79 Å². The Morgan fingerprint density at radius 2 is 1.61 bits per heavy atom. The molecule has 5 nitrogen and oxygen atoms in total. The van der Waals surface area contributed by atoms with Gasteiger partial charge in [0, 0.05) is 44.1 Å². The van der Waals surface area contributed by atoms with Gasteiger partial charge in [-0.15, -0.1) is 0 Å². The SMILES string of the molecule is Cc1cccc2c1C(=O)N(CCc1ccccc1)[C@@H](c1ccc(N3CCN(C)CC3)cc1)N2. The van der Waals surface area contributed by atoms with Gasteiger partial charge in [0.15, 0.2) is 0 Å². The fraction of sp³-hybridized carbons (Fsp3) is 0.321. The molecule has 1 saturated heterocycles. The molecular weight excluding hydrogens is 408 g/mol. The minimum absolute atomic E-state index is 0.103. The molecule has 3 aromatic rings. The Labute approximate surface area is 196 Å². The van der Waals surface area contributed by atoms with Crippen LogP contribution in [0.25, 0.3) is 0 Å². The van der Waals surface area contributed by atoms with Crippen molar-refractivity contribution in [2.75, 3.05) is 50.0 Å². The van der Waals surface area contributed by atoms with E-state index in [2.05, 4.69) is 70.7 Å². The van der Waals surface area contributed by atoms with E-state index in [-0.39, 0.29) is 12.1 Å². The Morgan fingerprint density at radius 1 is 0.879 bits per heavy atom. The highest BCUT2D eigenvalue weighted by molar-refractivity contribution is 6.03. The summed E-state index contributed by atoms with van der Waals surface area (Å²) in [4.78, 5) is 20.5. The van der Waals surface area contributed by atoms with Crippen LogP contribution in [0, 0.1) is 6.92 Å². The van der Waals surface area contributed by atoms with E-state index in [1.54, 1.807) is 0 Å². The second kappa shape index (κ2) is 9.28. The van der Waals surface area contributed by atoms with Crippen LogP contribution in [0.3, 0.4) is 0 Å². The van der Waals surface area contributed by atoms with E-state index < -0.39 is 0 Å². The van der Waals surface area contributed by atoms with Crippen molar-refractivity contribution in [3.63, 3.8) is 0 Å². The Hall–Kier alpha value is -3.31. The van der Waals surface area contributed by atoms with Crippen molar-refractivity contribution in [2.45, 2.75) is 19.5 Å². The van der Waals surface area contributed by atoms with Crippen LogP contribution in [0.15, 0.2) is 72.8 Å². The van der Waals surface area contributed by atoms with E-state index in [0.29, 0.717) is 6.54 Å². The van der Waals surface area contributed by atoms with E-state index in [1.165, 1.54) is 11.3 Å². The number of benzene rings is 3. The Bertz CT molecular complexity index is 1100. The Kier molecular flexibility index (Phi) is 6.05. The maximum atomic E-state index is 13.7. The lowest BCUT2D eigenvalue weighted by molar-refractivity contribution is 0.0685. The van der Waals surface area contributed by atoms with E-state index in [1.807, 2.05) is 36.1 Å². The number of aryl methyl sites for hydroxylation is 1. The predicted molar refractivity (Wildman–Crippen MR) is 135 cm³/mol. The van der Waals surface area contributed by atoms with Crippen LogP contribution in [-0.4, -0.2) is 55.5 Å². The molecule has 0 saturated carbocycles. The minimum Gasteiger partial charge on any atom is -0.369 e. The Morgan fingerprint density at radius 3 is 2.33 bits per heavy atom. The van der Waals surface area contributed by atoms with Crippen LogP contribution in [-0.2, 0) is 6.42 Å². The van der Waals surface area contributed by atoms with Crippen molar-refractivity contribution >= 4 is 17.3 Å². The number of rotatable bonds is 5. The van der Waals surface area contributed by atoms with E-state index in [4.69, 9.17) is 0 Å². The summed E-state index contributed by atoms with van der Waals surface area (Å²) in [5.74, 6) is 0.103. The number of amides is 1. The molecule has 0 aliphatic carbocycles. The van der Waals surface area contributed by atoms with Crippen LogP contribution in [0.1, 0.15) is 33.2 Å². The fourth-order valence-corrected chi connectivity index (χ4v) is 4.88. The first kappa shape index (κ1) is 21.5. The molecule has 0 spiro atoms. The number of carbonyl (C=O) groups excluding carboxylic acids is 1. The third-order valence-corrected chi connectivity index (χ3v) is 6.91. The molecule has 33 heavy (non-hydrogen) atoms. The zero-order chi connectivity index (χ0) is 22.8. The predicted octanol–water partition coefficient (Wildman–Crippen LogP) is 4.56. The summed E-state index contributed by atoms with van der Waals surface area (Å²) in [5, 5.41) is 3.66. The van der Waals surface area contributed by atoms with Gasteiger partial charge in [-0.25, -0.2) is 0 Å². The van der Waals surface area contributed by atoms with Gasteiger partial charge in [-0.1, -0.05) is 54.6 Å². The second-order valence-corrected chi connectivity index (χ2v) is 9.16. The summed E-state index contributed by atoms with van der Waals surface area (Å²) >= 11 is 0. The number of anilines is 2. The van der Waals surface area contributed by atoms with Gasteiger partial charge >= 0.3 is 0 Å². The summed E-state index contributed by atoms with van der Waals surface area (Å²) in [6.07, 6.45) is 0.641. The molecule has 0 bridgehead atoms. The van der Waals surface area contributed by atoms with Crippen molar-refractivity contribution in [3.05, 3.63) is 95.1 Å². The third kappa shape index (κ3) is 4.46. The summed E-state index contributed by atoms with van der Waals surface area (Å²) in [6, 6.07) is 25.2. The highest BCUT2D eigenvalue weighted by Gasteiger charge is 2.33. The molecule has 5 heteroatoms. The van der Waals surface area contributed by atoms with Crippen LogP contribution in [0.4, 0.5) is 11.4 Å². The normalized spacial score (nSPS) is 18.7. The summed E-state index contributed by atoms with van der Waals surface area (Å²) < 4.78 is 0. The molecule has 5 rings (SSSR count). The van der Waals surface area contributed by atoms with Gasteiger partial charge in [-0.3, -0.25) is 4.79 Å². The smallest absolute Gasteiger partial charge is 0.258 e. The number of carbonyl (C=O) groups is 1. The fourth-order valence-electron chi connectivity index (χ4n) is 4.88. The number of piperazine rings is 1. The molecule has 1 fully saturated rings. The maximum absolute atomic E-state index is 13.7. The number of hydrogen-bond donors (Lipinski definition) is 1. The molecule has 170 valence electrons. The number of likely N-dealkylation sites (N-methyl/N-ethyl adjacent to an activating group) is 1. The van der Waals surface area contributed by atoms with Gasteiger partial charge in [0.2, 0.25) is 0 Å². The number of nitrogens with zero attached hydrogens (tertiary/aromatic N) is 3. The van der Waals surface area contributed by atoms with Gasteiger partial charge < -0.3 is 20.0 Å². The highest BCUT2D eigenvalue weighted by atomic mass is 16.2. The maximum Gasteiger partial charge on any atom is 0.258 e.